The molecule has 1 saturated carbocycles. The molecule has 0 radical (unpaired) electrons. The smallest absolute Gasteiger partial charge is 0.223 e. The Labute approximate surface area is 168 Å². The van der Waals surface area contributed by atoms with Crippen LogP contribution in [0.25, 0.3) is 0 Å². The highest BCUT2D eigenvalue weighted by Crippen LogP contribution is 2.28. The van der Waals surface area contributed by atoms with Gasteiger partial charge in [0.25, 0.3) is 0 Å². The van der Waals surface area contributed by atoms with Crippen molar-refractivity contribution >= 4 is 35.8 Å². The van der Waals surface area contributed by atoms with Crippen molar-refractivity contribution in [2.75, 3.05) is 59.0 Å². The maximum Gasteiger partial charge on any atom is 0.223 e. The molecule has 0 aromatic rings. The van der Waals surface area contributed by atoms with Crippen molar-refractivity contribution in [2.24, 2.45) is 10.9 Å². The van der Waals surface area contributed by atoms with Crippen molar-refractivity contribution in [3.63, 3.8) is 0 Å². The fourth-order valence-electron chi connectivity index (χ4n) is 2.66. The fraction of sp³-hybridized carbons (Fsp3) is 0.882. The first-order valence-corrected chi connectivity index (χ1v) is 9.39. The third-order valence-corrected chi connectivity index (χ3v) is 4.27. The molecule has 1 amide bonds. The van der Waals surface area contributed by atoms with E-state index in [-0.39, 0.29) is 35.8 Å². The number of morpholine rings is 1. The van der Waals surface area contributed by atoms with Gasteiger partial charge in [-0.2, -0.15) is 0 Å². The number of carbonyl (C=O) groups excluding carboxylic acids is 1. The molecule has 0 aromatic carbocycles. The largest absolute Gasteiger partial charge is 0.379 e. The van der Waals surface area contributed by atoms with E-state index in [9.17, 15) is 4.79 Å². The first-order chi connectivity index (χ1) is 11.8. The van der Waals surface area contributed by atoms with Gasteiger partial charge in [-0.1, -0.05) is 0 Å². The molecule has 7 nitrogen and oxygen atoms in total. The van der Waals surface area contributed by atoms with Gasteiger partial charge < -0.3 is 20.7 Å². The van der Waals surface area contributed by atoms with Crippen LogP contribution in [0.2, 0.25) is 0 Å². The Bertz CT molecular complexity index is 398. The molecule has 1 aliphatic carbocycles. The van der Waals surface area contributed by atoms with Gasteiger partial charge in [-0.15, -0.1) is 24.0 Å². The summed E-state index contributed by atoms with van der Waals surface area (Å²) in [7, 11) is 0. The summed E-state index contributed by atoms with van der Waals surface area (Å²) < 4.78 is 5.36. The standard InChI is InChI=1S/C17H33N5O2.HI/c1-2-18-17(21-9-8-19-16(23)15-5-6-15)20-7-3-4-10-22-11-13-24-14-12-22;/h15H,2-14H2,1H3,(H,19,23)(H2,18,20,21);1H. The highest BCUT2D eigenvalue weighted by atomic mass is 127. The number of nitrogens with zero attached hydrogens (tertiary/aromatic N) is 2. The molecule has 0 spiro atoms. The number of hydrogen-bond acceptors (Lipinski definition) is 4. The normalized spacial score (nSPS) is 18.4. The second-order valence-electron chi connectivity index (χ2n) is 6.41. The van der Waals surface area contributed by atoms with Crippen LogP contribution in [0.1, 0.15) is 32.6 Å². The molecule has 1 aliphatic heterocycles. The Morgan fingerprint density at radius 3 is 2.52 bits per heavy atom. The maximum atomic E-state index is 11.6. The molecule has 0 bridgehead atoms. The maximum absolute atomic E-state index is 11.6. The molecule has 8 heteroatoms. The van der Waals surface area contributed by atoms with Gasteiger partial charge in [0.1, 0.15) is 0 Å². The minimum absolute atomic E-state index is 0. The van der Waals surface area contributed by atoms with Crippen LogP contribution >= 0.6 is 24.0 Å². The molecule has 0 aromatic heterocycles. The predicted molar refractivity (Wildman–Crippen MR) is 112 cm³/mol. The molecule has 0 atom stereocenters. The SMILES string of the molecule is CCNC(=NCCCCN1CCOCC1)NCCNC(=O)C1CC1.I. The van der Waals surface area contributed by atoms with E-state index in [1.165, 1.54) is 6.42 Å². The molecule has 25 heavy (non-hydrogen) atoms. The molecule has 0 unspecified atom stereocenters. The minimum atomic E-state index is 0. The van der Waals surface area contributed by atoms with Gasteiger partial charge in [0.2, 0.25) is 5.91 Å². The lowest BCUT2D eigenvalue weighted by Crippen LogP contribution is -2.41. The van der Waals surface area contributed by atoms with E-state index >= 15 is 0 Å². The predicted octanol–water partition coefficient (Wildman–Crippen LogP) is 0.798. The van der Waals surface area contributed by atoms with Crippen LogP contribution in [0.3, 0.4) is 0 Å². The van der Waals surface area contributed by atoms with E-state index in [4.69, 9.17) is 4.74 Å². The van der Waals surface area contributed by atoms with Crippen molar-refractivity contribution < 1.29 is 9.53 Å². The zero-order valence-corrected chi connectivity index (χ0v) is 17.7. The van der Waals surface area contributed by atoms with Gasteiger partial charge in [-0.3, -0.25) is 14.7 Å². The van der Waals surface area contributed by atoms with Gasteiger partial charge in [-0.05, 0) is 39.2 Å². The van der Waals surface area contributed by atoms with Crippen LogP contribution in [0.15, 0.2) is 4.99 Å². The Kier molecular flexibility index (Phi) is 12.2. The van der Waals surface area contributed by atoms with Crippen LogP contribution in [-0.4, -0.2) is 75.8 Å². The number of amides is 1. The van der Waals surface area contributed by atoms with Gasteiger partial charge >= 0.3 is 0 Å². The van der Waals surface area contributed by atoms with Crippen molar-refractivity contribution in [3.8, 4) is 0 Å². The minimum Gasteiger partial charge on any atom is -0.379 e. The number of ether oxygens (including phenoxy) is 1. The summed E-state index contributed by atoms with van der Waals surface area (Å²) in [5.41, 5.74) is 0. The number of guanidine groups is 1. The number of rotatable bonds is 10. The lowest BCUT2D eigenvalue weighted by molar-refractivity contribution is -0.122. The number of hydrogen-bond donors (Lipinski definition) is 3. The summed E-state index contributed by atoms with van der Waals surface area (Å²) in [4.78, 5) is 18.6. The number of carbonyl (C=O) groups is 1. The van der Waals surface area contributed by atoms with Crippen LogP contribution in [-0.2, 0) is 9.53 Å². The molecular formula is C17H34IN5O2. The van der Waals surface area contributed by atoms with E-state index in [1.807, 2.05) is 0 Å². The number of aliphatic imine (C=N–C) groups is 1. The Hall–Kier alpha value is -0.610. The third-order valence-electron chi connectivity index (χ3n) is 4.27. The quantitative estimate of drug-likeness (QED) is 0.192. The molecule has 1 heterocycles. The van der Waals surface area contributed by atoms with Crippen molar-refractivity contribution in [1.29, 1.82) is 0 Å². The monoisotopic (exact) mass is 467 g/mol. The third kappa shape index (κ3) is 10.2. The lowest BCUT2D eigenvalue weighted by atomic mass is 10.3. The van der Waals surface area contributed by atoms with Gasteiger partial charge in [0.05, 0.1) is 13.2 Å². The summed E-state index contributed by atoms with van der Waals surface area (Å²) >= 11 is 0. The summed E-state index contributed by atoms with van der Waals surface area (Å²) in [6.07, 6.45) is 4.36. The topological polar surface area (TPSA) is 78.0 Å². The first kappa shape index (κ1) is 22.4. The van der Waals surface area contributed by atoms with E-state index in [0.29, 0.717) is 13.1 Å². The average Bonchev–Trinajstić information content (AvgIpc) is 3.44. The molecule has 2 rings (SSSR count). The van der Waals surface area contributed by atoms with Crippen molar-refractivity contribution in [1.82, 2.24) is 20.9 Å². The molecule has 2 aliphatic rings. The summed E-state index contributed by atoms with van der Waals surface area (Å²) in [6, 6.07) is 0. The summed E-state index contributed by atoms with van der Waals surface area (Å²) in [6.45, 7) is 10.1. The van der Waals surface area contributed by atoms with Crippen LogP contribution in [0, 0.1) is 5.92 Å². The van der Waals surface area contributed by atoms with E-state index in [0.717, 1.165) is 71.2 Å². The molecule has 146 valence electrons. The molecule has 3 N–H and O–H groups in total. The fourth-order valence-corrected chi connectivity index (χ4v) is 2.66. The van der Waals surface area contributed by atoms with Crippen LogP contribution in [0.5, 0.6) is 0 Å². The molecule has 1 saturated heterocycles. The van der Waals surface area contributed by atoms with E-state index < -0.39 is 0 Å². The Balaban J connectivity index is 0.00000312. The number of halogens is 1. The summed E-state index contributed by atoms with van der Waals surface area (Å²) in [5.74, 6) is 1.31. The lowest BCUT2D eigenvalue weighted by Gasteiger charge is -2.26. The second-order valence-corrected chi connectivity index (χ2v) is 6.41. The first-order valence-electron chi connectivity index (χ1n) is 9.39. The summed E-state index contributed by atoms with van der Waals surface area (Å²) in [5, 5.41) is 9.47. The Morgan fingerprint density at radius 2 is 1.84 bits per heavy atom. The highest BCUT2D eigenvalue weighted by Gasteiger charge is 2.28. The number of nitrogens with one attached hydrogen (secondary N) is 3. The van der Waals surface area contributed by atoms with Crippen LogP contribution < -0.4 is 16.0 Å². The molecule has 2 fully saturated rings. The van der Waals surface area contributed by atoms with Gasteiger partial charge in [0, 0.05) is 45.2 Å². The highest BCUT2D eigenvalue weighted by molar-refractivity contribution is 14.0. The van der Waals surface area contributed by atoms with E-state index in [2.05, 4.69) is 32.8 Å². The molecular weight excluding hydrogens is 433 g/mol. The average molecular weight is 467 g/mol. The van der Waals surface area contributed by atoms with Crippen LogP contribution in [0.4, 0.5) is 0 Å². The zero-order chi connectivity index (χ0) is 17.0. The van der Waals surface area contributed by atoms with Gasteiger partial charge in [-0.25, -0.2) is 0 Å². The zero-order valence-electron chi connectivity index (χ0n) is 15.4. The number of unbranched alkanes of at least 4 members (excludes halogenated alkanes) is 1. The van der Waals surface area contributed by atoms with Crippen molar-refractivity contribution in [3.05, 3.63) is 0 Å². The van der Waals surface area contributed by atoms with E-state index in [1.54, 1.807) is 0 Å². The second kappa shape index (κ2) is 13.6. The Morgan fingerprint density at radius 1 is 1.12 bits per heavy atom. The van der Waals surface area contributed by atoms with Crippen molar-refractivity contribution in [2.45, 2.75) is 32.6 Å². The van der Waals surface area contributed by atoms with Gasteiger partial charge in [0.15, 0.2) is 5.96 Å².